The van der Waals surface area contributed by atoms with E-state index in [1.807, 2.05) is 36.4 Å². The van der Waals surface area contributed by atoms with E-state index in [0.717, 1.165) is 43.1 Å². The van der Waals surface area contributed by atoms with Crippen LogP contribution in [0.4, 0.5) is 0 Å². The average molecular weight is 365 g/mol. The molecule has 1 aliphatic heterocycles. The van der Waals surface area contributed by atoms with Crippen LogP contribution in [0.25, 0.3) is 5.69 Å². The number of hydrogen-bond donors (Lipinski definition) is 1. The van der Waals surface area contributed by atoms with Gasteiger partial charge in [0, 0.05) is 24.7 Å². The molecule has 0 radical (unpaired) electrons. The van der Waals surface area contributed by atoms with Crippen molar-refractivity contribution in [3.05, 3.63) is 70.7 Å². The van der Waals surface area contributed by atoms with Gasteiger partial charge < -0.3 is 10.1 Å². The zero-order valence-corrected chi connectivity index (χ0v) is 15.3. The molecule has 1 N–H and O–H groups in total. The number of methoxy groups -OCH3 is 1. The van der Waals surface area contributed by atoms with Gasteiger partial charge in [-0.3, -0.25) is 4.98 Å². The minimum atomic E-state index is -0.147. The lowest BCUT2D eigenvalue weighted by atomic mass is 9.99. The number of piperidine rings is 1. The fourth-order valence-corrected chi connectivity index (χ4v) is 3.51. The molecule has 1 aliphatic rings. The number of pyridine rings is 1. The van der Waals surface area contributed by atoms with Crippen molar-refractivity contribution in [1.82, 2.24) is 24.6 Å². The van der Waals surface area contributed by atoms with E-state index in [1.54, 1.807) is 23.9 Å². The number of hydrogen-bond acceptors (Lipinski definition) is 5. The summed E-state index contributed by atoms with van der Waals surface area (Å²) >= 11 is 0. The summed E-state index contributed by atoms with van der Waals surface area (Å²) in [7, 11) is 1.61. The van der Waals surface area contributed by atoms with Gasteiger partial charge >= 0.3 is 5.69 Å². The Morgan fingerprint density at radius 1 is 1.26 bits per heavy atom. The fraction of sp³-hybridized carbons (Fsp3) is 0.350. The van der Waals surface area contributed by atoms with Crippen LogP contribution in [0.5, 0.6) is 5.75 Å². The third-order valence-corrected chi connectivity index (χ3v) is 4.88. The maximum Gasteiger partial charge on any atom is 0.350 e. The summed E-state index contributed by atoms with van der Waals surface area (Å²) in [4.78, 5) is 17.5. The molecule has 1 atom stereocenters. The zero-order chi connectivity index (χ0) is 18.6. The SMILES string of the molecule is COc1ccnc(Cn2nc([C@@H]3CCCNC3)n(-c3ccccc3)c2=O)c1. The first-order valence-corrected chi connectivity index (χ1v) is 9.21. The van der Waals surface area contributed by atoms with Gasteiger partial charge in [-0.15, -0.1) is 0 Å². The van der Waals surface area contributed by atoms with Crippen molar-refractivity contribution in [2.24, 2.45) is 0 Å². The van der Waals surface area contributed by atoms with E-state index in [0.29, 0.717) is 12.3 Å². The molecule has 4 rings (SSSR count). The third-order valence-electron chi connectivity index (χ3n) is 4.88. The first-order chi connectivity index (χ1) is 13.3. The van der Waals surface area contributed by atoms with Gasteiger partial charge in [0.25, 0.3) is 0 Å². The van der Waals surface area contributed by atoms with Crippen molar-refractivity contribution >= 4 is 0 Å². The van der Waals surface area contributed by atoms with Crippen LogP contribution in [0.15, 0.2) is 53.5 Å². The predicted molar refractivity (Wildman–Crippen MR) is 103 cm³/mol. The Morgan fingerprint density at radius 3 is 2.85 bits per heavy atom. The summed E-state index contributed by atoms with van der Waals surface area (Å²) in [5.74, 6) is 1.74. The molecule has 1 fully saturated rings. The summed E-state index contributed by atoms with van der Waals surface area (Å²) in [5.41, 5.74) is 1.43. The average Bonchev–Trinajstić information content (AvgIpc) is 3.05. The van der Waals surface area contributed by atoms with E-state index in [-0.39, 0.29) is 11.6 Å². The molecule has 0 saturated carbocycles. The van der Waals surface area contributed by atoms with E-state index in [9.17, 15) is 4.79 Å². The van der Waals surface area contributed by atoms with E-state index < -0.39 is 0 Å². The Morgan fingerprint density at radius 2 is 2.11 bits per heavy atom. The van der Waals surface area contributed by atoms with E-state index in [1.165, 1.54) is 4.68 Å². The second kappa shape index (κ2) is 7.75. The first kappa shape index (κ1) is 17.5. The largest absolute Gasteiger partial charge is 0.497 e. The van der Waals surface area contributed by atoms with Crippen molar-refractivity contribution in [3.63, 3.8) is 0 Å². The Labute approximate surface area is 157 Å². The second-order valence-corrected chi connectivity index (χ2v) is 6.70. The highest BCUT2D eigenvalue weighted by atomic mass is 16.5. The van der Waals surface area contributed by atoms with Crippen molar-refractivity contribution in [2.45, 2.75) is 25.3 Å². The lowest BCUT2D eigenvalue weighted by Crippen LogP contribution is -2.31. The number of rotatable bonds is 5. The van der Waals surface area contributed by atoms with Gasteiger partial charge in [0.05, 0.1) is 25.0 Å². The molecule has 0 aliphatic carbocycles. The second-order valence-electron chi connectivity index (χ2n) is 6.70. The molecule has 0 spiro atoms. The molecule has 27 heavy (non-hydrogen) atoms. The van der Waals surface area contributed by atoms with Crippen molar-refractivity contribution in [2.75, 3.05) is 20.2 Å². The Hall–Kier alpha value is -2.93. The highest BCUT2D eigenvalue weighted by Gasteiger charge is 2.25. The summed E-state index contributed by atoms with van der Waals surface area (Å²) < 4.78 is 8.49. The van der Waals surface area contributed by atoms with Crippen LogP contribution >= 0.6 is 0 Å². The lowest BCUT2D eigenvalue weighted by Gasteiger charge is -2.22. The summed E-state index contributed by atoms with van der Waals surface area (Å²) in [6.45, 7) is 2.16. The molecule has 1 saturated heterocycles. The molecule has 7 heteroatoms. The number of para-hydroxylation sites is 1. The predicted octanol–water partition coefficient (Wildman–Crippen LogP) is 1.95. The Kier molecular flexibility index (Phi) is 5.02. The minimum absolute atomic E-state index is 0.147. The van der Waals surface area contributed by atoms with Crippen LogP contribution in [0.3, 0.4) is 0 Å². The molecule has 1 aromatic carbocycles. The van der Waals surface area contributed by atoms with Crippen LogP contribution in [0.1, 0.15) is 30.3 Å². The van der Waals surface area contributed by atoms with E-state index >= 15 is 0 Å². The topological polar surface area (TPSA) is 74.0 Å². The molecule has 7 nitrogen and oxygen atoms in total. The van der Waals surface area contributed by atoms with Gasteiger partial charge in [-0.2, -0.15) is 5.10 Å². The zero-order valence-electron chi connectivity index (χ0n) is 15.3. The highest BCUT2D eigenvalue weighted by Crippen LogP contribution is 2.23. The Balaban J connectivity index is 1.76. The number of nitrogens with one attached hydrogen (secondary N) is 1. The molecule has 3 aromatic rings. The van der Waals surface area contributed by atoms with Crippen molar-refractivity contribution < 1.29 is 4.74 Å². The molecular formula is C20H23N5O2. The quantitative estimate of drug-likeness (QED) is 0.748. The monoisotopic (exact) mass is 365 g/mol. The van der Waals surface area contributed by atoms with E-state index in [2.05, 4.69) is 10.3 Å². The third kappa shape index (κ3) is 3.64. The summed E-state index contributed by atoms with van der Waals surface area (Å²) in [5, 5.41) is 8.12. The number of benzene rings is 1. The minimum Gasteiger partial charge on any atom is -0.497 e. The molecule has 2 aromatic heterocycles. The van der Waals surface area contributed by atoms with Gasteiger partial charge in [0.2, 0.25) is 0 Å². The van der Waals surface area contributed by atoms with Crippen molar-refractivity contribution in [1.29, 1.82) is 0 Å². The molecule has 0 bridgehead atoms. The summed E-state index contributed by atoms with van der Waals surface area (Å²) in [6.07, 6.45) is 3.78. The number of nitrogens with zero attached hydrogens (tertiary/aromatic N) is 4. The van der Waals surface area contributed by atoms with Gasteiger partial charge in [-0.25, -0.2) is 14.0 Å². The summed E-state index contributed by atoms with van der Waals surface area (Å²) in [6, 6.07) is 13.3. The van der Waals surface area contributed by atoms with Gasteiger partial charge in [-0.05, 0) is 37.6 Å². The van der Waals surface area contributed by atoms with Crippen LogP contribution in [0, 0.1) is 0 Å². The number of aromatic nitrogens is 4. The van der Waals surface area contributed by atoms with Crippen LogP contribution in [-0.2, 0) is 6.54 Å². The normalized spacial score (nSPS) is 17.0. The maximum atomic E-state index is 13.2. The molecule has 0 amide bonds. The smallest absolute Gasteiger partial charge is 0.350 e. The van der Waals surface area contributed by atoms with Crippen LogP contribution in [-0.4, -0.2) is 39.5 Å². The van der Waals surface area contributed by atoms with Crippen LogP contribution < -0.4 is 15.7 Å². The van der Waals surface area contributed by atoms with E-state index in [4.69, 9.17) is 9.84 Å². The number of ether oxygens (including phenoxy) is 1. The molecule has 3 heterocycles. The van der Waals surface area contributed by atoms with Crippen molar-refractivity contribution in [3.8, 4) is 11.4 Å². The van der Waals surface area contributed by atoms with Crippen LogP contribution in [0.2, 0.25) is 0 Å². The standard InChI is InChI=1S/C20H23N5O2/c1-27-18-9-11-22-16(12-18)14-24-20(26)25(17-7-3-2-4-8-17)19(23-24)15-6-5-10-21-13-15/h2-4,7-9,11-12,15,21H,5-6,10,13-14H2,1H3/t15-/m1/s1. The Bertz CT molecular complexity index is 958. The van der Waals surface area contributed by atoms with Gasteiger partial charge in [-0.1, -0.05) is 18.2 Å². The van der Waals surface area contributed by atoms with Gasteiger partial charge in [0.15, 0.2) is 0 Å². The fourth-order valence-electron chi connectivity index (χ4n) is 3.51. The van der Waals surface area contributed by atoms with Gasteiger partial charge in [0.1, 0.15) is 11.6 Å². The maximum absolute atomic E-state index is 13.2. The lowest BCUT2D eigenvalue weighted by molar-refractivity contribution is 0.413. The highest BCUT2D eigenvalue weighted by molar-refractivity contribution is 5.33. The molecule has 0 unspecified atom stereocenters. The molecular weight excluding hydrogens is 342 g/mol. The first-order valence-electron chi connectivity index (χ1n) is 9.21. The molecule has 140 valence electrons.